The number of hydrogen-bond donors (Lipinski definition) is 2. The number of hydrazine groups is 1. The first-order valence-corrected chi connectivity index (χ1v) is 8.17. The molecule has 6 nitrogen and oxygen atoms in total. The van der Waals surface area contributed by atoms with E-state index in [9.17, 15) is 4.79 Å². The van der Waals surface area contributed by atoms with E-state index in [4.69, 9.17) is 21.3 Å². The van der Waals surface area contributed by atoms with Crippen molar-refractivity contribution in [2.45, 2.75) is 12.5 Å². The van der Waals surface area contributed by atoms with Crippen molar-refractivity contribution in [3.63, 3.8) is 0 Å². The Hall–Kier alpha value is -2.86. The van der Waals surface area contributed by atoms with Gasteiger partial charge in [-0.05, 0) is 30.3 Å². The second kappa shape index (κ2) is 6.22. The molecule has 1 fully saturated rings. The Balaban J connectivity index is 1.91. The lowest BCUT2D eigenvalue weighted by atomic mass is 10.00. The highest BCUT2D eigenvalue weighted by Crippen LogP contribution is 2.31. The zero-order chi connectivity index (χ0) is 17.4. The van der Waals surface area contributed by atoms with E-state index in [1.807, 2.05) is 42.5 Å². The van der Waals surface area contributed by atoms with E-state index in [1.165, 1.54) is 0 Å². The van der Waals surface area contributed by atoms with Crippen LogP contribution in [0.25, 0.3) is 0 Å². The number of aliphatic imine (C=N–C) groups is 2. The van der Waals surface area contributed by atoms with Crippen LogP contribution in [-0.4, -0.2) is 30.6 Å². The van der Waals surface area contributed by atoms with Gasteiger partial charge in [0.25, 0.3) is 0 Å². The molecule has 0 aromatic heterocycles. The highest BCUT2D eigenvalue weighted by molar-refractivity contribution is 6.30. The first-order valence-electron chi connectivity index (χ1n) is 7.79. The third kappa shape index (κ3) is 2.96. The highest BCUT2D eigenvalue weighted by atomic mass is 35.5. The van der Waals surface area contributed by atoms with Gasteiger partial charge in [-0.15, -0.1) is 0 Å². The van der Waals surface area contributed by atoms with E-state index in [0.29, 0.717) is 16.6 Å². The quantitative estimate of drug-likeness (QED) is 0.870. The maximum Gasteiger partial charge on any atom is 0.240 e. The van der Waals surface area contributed by atoms with Crippen LogP contribution >= 0.6 is 11.6 Å². The van der Waals surface area contributed by atoms with Crippen LogP contribution in [0.15, 0.2) is 52.4 Å². The lowest BCUT2D eigenvalue weighted by Crippen LogP contribution is -2.52. The molecule has 4 rings (SSSR count). The van der Waals surface area contributed by atoms with E-state index in [0.717, 1.165) is 22.5 Å². The number of rotatable bonds is 2. The van der Waals surface area contributed by atoms with Gasteiger partial charge in [0.1, 0.15) is 17.6 Å². The summed E-state index contributed by atoms with van der Waals surface area (Å²) in [6, 6.07) is 12.7. The molecule has 0 radical (unpaired) electrons. The second-order valence-electron chi connectivity index (χ2n) is 5.76. The molecule has 0 unspecified atom stereocenters. The smallest absolute Gasteiger partial charge is 0.240 e. The number of halogens is 1. The number of ether oxygens (including phenoxy) is 1. The summed E-state index contributed by atoms with van der Waals surface area (Å²) in [5, 5.41) is 0.652. The molecule has 2 aliphatic rings. The Morgan fingerprint density at radius 1 is 1.16 bits per heavy atom. The fourth-order valence-electron chi connectivity index (χ4n) is 2.87. The number of methoxy groups -OCH3 is 1. The highest BCUT2D eigenvalue weighted by Gasteiger charge is 2.29. The summed E-state index contributed by atoms with van der Waals surface area (Å²) >= 11 is 6.02. The molecule has 2 aromatic rings. The molecular formula is C18H15ClN4O2. The van der Waals surface area contributed by atoms with Crippen LogP contribution in [0, 0.1) is 0 Å². The Morgan fingerprint density at radius 2 is 1.96 bits per heavy atom. The summed E-state index contributed by atoms with van der Waals surface area (Å²) in [4.78, 5) is 21.2. The number of amides is 1. The molecule has 0 spiro atoms. The first kappa shape index (κ1) is 15.7. The van der Waals surface area contributed by atoms with Crippen LogP contribution in [0.4, 0.5) is 5.69 Å². The van der Waals surface area contributed by atoms with Crippen molar-refractivity contribution < 1.29 is 9.53 Å². The van der Waals surface area contributed by atoms with Crippen molar-refractivity contribution in [2.75, 3.05) is 7.11 Å². The van der Waals surface area contributed by atoms with E-state index >= 15 is 0 Å². The molecule has 25 heavy (non-hydrogen) atoms. The number of carbonyl (C=O) groups excluding carboxylic acids is 1. The lowest BCUT2D eigenvalue weighted by molar-refractivity contribution is -0.122. The Bertz CT molecular complexity index is 906. The van der Waals surface area contributed by atoms with Gasteiger partial charge in [-0.25, -0.2) is 4.99 Å². The SMILES string of the molecule is COc1ccc2c(c1)C(c1ccc(Cl)cc1)=N[C@H]1CC(=O)NNC1=N2. The summed E-state index contributed by atoms with van der Waals surface area (Å²) in [7, 11) is 1.62. The molecule has 7 heteroatoms. The normalized spacial score (nSPS) is 18.6. The van der Waals surface area contributed by atoms with Crippen LogP contribution in [0.5, 0.6) is 5.75 Å². The number of hydrogen-bond acceptors (Lipinski definition) is 5. The third-order valence-corrected chi connectivity index (χ3v) is 4.38. The predicted molar refractivity (Wildman–Crippen MR) is 96.9 cm³/mol. The predicted octanol–water partition coefficient (Wildman–Crippen LogP) is 2.62. The van der Waals surface area contributed by atoms with Gasteiger partial charge >= 0.3 is 0 Å². The van der Waals surface area contributed by atoms with Crippen LogP contribution in [0.3, 0.4) is 0 Å². The average molecular weight is 355 g/mol. The van der Waals surface area contributed by atoms with Crippen LogP contribution in [0.1, 0.15) is 17.5 Å². The van der Waals surface area contributed by atoms with Crippen molar-refractivity contribution in [2.24, 2.45) is 9.98 Å². The zero-order valence-electron chi connectivity index (χ0n) is 13.4. The summed E-state index contributed by atoms with van der Waals surface area (Å²) in [5.74, 6) is 1.22. The molecule has 1 saturated heterocycles. The van der Waals surface area contributed by atoms with E-state index in [1.54, 1.807) is 7.11 Å². The van der Waals surface area contributed by atoms with Crippen LogP contribution < -0.4 is 15.6 Å². The van der Waals surface area contributed by atoms with Gasteiger partial charge in [0.05, 0.1) is 24.9 Å². The van der Waals surface area contributed by atoms with Gasteiger partial charge < -0.3 is 4.74 Å². The number of nitrogens with zero attached hydrogens (tertiary/aromatic N) is 2. The van der Waals surface area contributed by atoms with Crippen molar-refractivity contribution in [1.29, 1.82) is 0 Å². The molecule has 0 bridgehead atoms. The molecule has 1 amide bonds. The molecule has 1 atom stereocenters. The molecule has 2 N–H and O–H groups in total. The van der Waals surface area contributed by atoms with E-state index in [2.05, 4.69) is 15.8 Å². The minimum atomic E-state index is -0.363. The molecule has 126 valence electrons. The van der Waals surface area contributed by atoms with Gasteiger partial charge in [-0.2, -0.15) is 0 Å². The zero-order valence-corrected chi connectivity index (χ0v) is 14.2. The average Bonchev–Trinajstić information content (AvgIpc) is 2.78. The molecule has 0 saturated carbocycles. The molecular weight excluding hydrogens is 340 g/mol. The van der Waals surface area contributed by atoms with Crippen molar-refractivity contribution in [3.8, 4) is 5.75 Å². The van der Waals surface area contributed by atoms with Crippen molar-refractivity contribution >= 4 is 34.7 Å². The number of benzene rings is 2. The van der Waals surface area contributed by atoms with E-state index < -0.39 is 0 Å². The summed E-state index contributed by atoms with van der Waals surface area (Å²) in [5.41, 5.74) is 8.71. The molecule has 2 aromatic carbocycles. The minimum absolute atomic E-state index is 0.119. The first-order chi connectivity index (χ1) is 12.1. The minimum Gasteiger partial charge on any atom is -0.497 e. The largest absolute Gasteiger partial charge is 0.497 e. The molecule has 0 aliphatic carbocycles. The topological polar surface area (TPSA) is 75.1 Å². The number of fused-ring (bicyclic) bond motifs is 2. The Kier molecular flexibility index (Phi) is 3.89. The Morgan fingerprint density at radius 3 is 2.72 bits per heavy atom. The van der Waals surface area contributed by atoms with Crippen molar-refractivity contribution in [3.05, 3.63) is 58.6 Å². The third-order valence-electron chi connectivity index (χ3n) is 4.13. The van der Waals surface area contributed by atoms with Gasteiger partial charge in [0, 0.05) is 16.1 Å². The summed E-state index contributed by atoms with van der Waals surface area (Å²) < 4.78 is 5.35. The molecule has 2 heterocycles. The molecule has 2 aliphatic heterocycles. The number of carbonyl (C=O) groups is 1. The Labute approximate surface area is 149 Å². The summed E-state index contributed by atoms with van der Waals surface area (Å²) in [6.45, 7) is 0. The standard InChI is InChI=1S/C18H15ClN4O2/c1-25-12-6-7-14-13(8-12)17(10-2-4-11(19)5-3-10)20-15-9-16(24)22-23-18(15)21-14/h2-8,15H,9H2,1H3,(H,21,23)(H,22,24)/t15-/m0/s1. The fourth-order valence-corrected chi connectivity index (χ4v) is 3.00. The number of amidine groups is 1. The van der Waals surface area contributed by atoms with Gasteiger partial charge in [0.15, 0.2) is 0 Å². The maximum atomic E-state index is 11.8. The number of nitrogens with one attached hydrogen (secondary N) is 2. The fraction of sp³-hybridized carbons (Fsp3) is 0.167. The van der Waals surface area contributed by atoms with E-state index in [-0.39, 0.29) is 18.4 Å². The van der Waals surface area contributed by atoms with Gasteiger partial charge in [-0.3, -0.25) is 20.6 Å². The van der Waals surface area contributed by atoms with Gasteiger partial charge in [0.2, 0.25) is 5.91 Å². The second-order valence-corrected chi connectivity index (χ2v) is 6.19. The van der Waals surface area contributed by atoms with Crippen LogP contribution in [0.2, 0.25) is 5.02 Å². The van der Waals surface area contributed by atoms with Gasteiger partial charge in [-0.1, -0.05) is 23.7 Å². The van der Waals surface area contributed by atoms with Crippen molar-refractivity contribution in [1.82, 2.24) is 10.9 Å². The maximum absolute atomic E-state index is 11.8. The lowest BCUT2D eigenvalue weighted by Gasteiger charge is -2.22. The monoisotopic (exact) mass is 354 g/mol. The van der Waals surface area contributed by atoms with Crippen LogP contribution in [-0.2, 0) is 4.79 Å². The summed E-state index contributed by atoms with van der Waals surface area (Å²) in [6.07, 6.45) is 0.244.